The molecule has 5 N–H and O–H groups in total. The molecule has 33 heavy (non-hydrogen) atoms. The van der Waals surface area contributed by atoms with Gasteiger partial charge in [0.1, 0.15) is 24.0 Å². The number of carbonyl (C=O) groups excluding carboxylic acids is 2. The first-order chi connectivity index (χ1) is 15.7. The maximum Gasteiger partial charge on any atom is 0.322 e. The lowest BCUT2D eigenvalue weighted by atomic mass is 10.0. The van der Waals surface area contributed by atoms with Gasteiger partial charge in [0.2, 0.25) is 11.8 Å². The normalized spacial score (nSPS) is 11.9. The van der Waals surface area contributed by atoms with Gasteiger partial charge in [0, 0.05) is 6.54 Å². The molecule has 12 heteroatoms. The van der Waals surface area contributed by atoms with Crippen LogP contribution in [0.25, 0.3) is 0 Å². The smallest absolute Gasteiger partial charge is 0.322 e. The Morgan fingerprint density at radius 3 is 2.24 bits per heavy atom. The number of hydrogen-bond donors (Lipinski definition) is 6. The lowest BCUT2D eigenvalue weighted by molar-refractivity contribution is -0.137. The molecule has 0 saturated carbocycles. The highest BCUT2D eigenvalue weighted by Crippen LogP contribution is 2.18. The number of aliphatic carboxylic acids is 1. The Morgan fingerprint density at radius 2 is 1.61 bits per heavy atom. The third kappa shape index (κ3) is 10.7. The molecule has 2 amide bonds. The van der Waals surface area contributed by atoms with Gasteiger partial charge < -0.3 is 30.6 Å². The predicted octanol–water partition coefficient (Wildman–Crippen LogP) is 0.650. The van der Waals surface area contributed by atoms with Crippen LogP contribution in [0.5, 0.6) is 0 Å². The molecule has 0 aliphatic carbocycles. The summed E-state index contributed by atoms with van der Waals surface area (Å²) < 4.78 is 4.70. The zero-order chi connectivity index (χ0) is 24.8. The molecule has 1 atom stereocenters. The quantitative estimate of drug-likeness (QED) is 0.0757. The highest BCUT2D eigenvalue weighted by Gasteiger charge is 2.26. The summed E-state index contributed by atoms with van der Waals surface area (Å²) in [5.74, 6) is -2.07. The molecule has 0 aliphatic rings. The lowest BCUT2D eigenvalue weighted by Gasteiger charge is -2.23. The molecule has 0 aromatic heterocycles. The highest BCUT2D eigenvalue weighted by atomic mass is 32.1. The zero-order valence-corrected chi connectivity index (χ0v) is 20.0. The van der Waals surface area contributed by atoms with E-state index in [1.165, 1.54) is 0 Å². The monoisotopic (exact) mass is 486 g/mol. The second-order valence-corrected chi connectivity index (χ2v) is 8.40. The maximum absolute atomic E-state index is 12.6. The van der Waals surface area contributed by atoms with Crippen molar-refractivity contribution >= 4 is 42.1 Å². The fraction of sp³-hybridized carbons (Fsp3) is 0.667. The number of anilines is 2. The van der Waals surface area contributed by atoms with Crippen LogP contribution in [0.3, 0.4) is 0 Å². The molecule has 0 aliphatic heterocycles. The Hall–Kier alpha value is -2.60. The van der Waals surface area contributed by atoms with Crippen molar-refractivity contribution in [2.45, 2.75) is 58.4 Å². The molecular formula is C21H34N4O7S. The first kappa shape index (κ1) is 28.4. The van der Waals surface area contributed by atoms with Gasteiger partial charge in [0.15, 0.2) is 0 Å². The predicted molar refractivity (Wildman–Crippen MR) is 128 cm³/mol. The summed E-state index contributed by atoms with van der Waals surface area (Å²) in [6, 6.07) is -0.829. The van der Waals surface area contributed by atoms with Crippen LogP contribution in [0, 0.1) is 5.92 Å². The second kappa shape index (κ2) is 15.3. The van der Waals surface area contributed by atoms with E-state index in [0.717, 1.165) is 25.7 Å². The van der Waals surface area contributed by atoms with E-state index in [0.29, 0.717) is 31.9 Å². The van der Waals surface area contributed by atoms with E-state index in [1.54, 1.807) is 0 Å². The highest BCUT2D eigenvalue weighted by molar-refractivity contribution is 7.75. The van der Waals surface area contributed by atoms with Gasteiger partial charge in [0.05, 0.1) is 13.2 Å². The summed E-state index contributed by atoms with van der Waals surface area (Å²) in [7, 11) is 0. The zero-order valence-electron chi connectivity index (χ0n) is 19.1. The maximum atomic E-state index is 12.6. The van der Waals surface area contributed by atoms with E-state index >= 15 is 0 Å². The second-order valence-electron chi connectivity index (χ2n) is 8.14. The van der Waals surface area contributed by atoms with Crippen LogP contribution in [0.2, 0.25) is 0 Å². The average molecular weight is 487 g/mol. The van der Waals surface area contributed by atoms with E-state index in [9.17, 15) is 24.0 Å². The summed E-state index contributed by atoms with van der Waals surface area (Å²) in [6.45, 7) is 4.10. The van der Waals surface area contributed by atoms with Gasteiger partial charge in [-0.3, -0.25) is 24.0 Å². The van der Waals surface area contributed by atoms with Crippen molar-refractivity contribution in [3.05, 3.63) is 20.4 Å². The van der Waals surface area contributed by atoms with Gasteiger partial charge in [-0.1, -0.05) is 26.7 Å². The number of carboxylic acids is 1. The lowest BCUT2D eigenvalue weighted by Crippen LogP contribution is -2.47. The summed E-state index contributed by atoms with van der Waals surface area (Å²) in [6.07, 6.45) is 4.61. The fourth-order valence-electron chi connectivity index (χ4n) is 3.03. The Kier molecular flexibility index (Phi) is 13.2. The molecule has 186 valence electrons. The number of nitrogens with one attached hydrogen (secondary N) is 4. The van der Waals surface area contributed by atoms with E-state index < -0.39 is 47.8 Å². The topological polar surface area (TPSA) is 163 Å². The van der Waals surface area contributed by atoms with Gasteiger partial charge in [-0.25, -0.2) is 0 Å². The molecule has 1 rings (SSSR count). The Labute approximate surface area is 198 Å². The molecule has 1 aromatic rings. The first-order valence-electron chi connectivity index (χ1n) is 11.0. The van der Waals surface area contributed by atoms with E-state index in [-0.39, 0.29) is 11.4 Å². The molecule has 0 radical (unpaired) electrons. The van der Waals surface area contributed by atoms with Crippen molar-refractivity contribution in [3.63, 3.8) is 0 Å². The molecule has 0 saturated heterocycles. The van der Waals surface area contributed by atoms with Gasteiger partial charge in [-0.2, -0.15) is 0 Å². The minimum Gasteiger partial charge on any atom is -0.480 e. The van der Waals surface area contributed by atoms with E-state index in [2.05, 4.69) is 34.2 Å². The average Bonchev–Trinajstić information content (AvgIpc) is 2.78. The van der Waals surface area contributed by atoms with Crippen LogP contribution in [0.15, 0.2) is 9.59 Å². The minimum atomic E-state index is -1.20. The van der Waals surface area contributed by atoms with Crippen LogP contribution < -0.4 is 32.1 Å². The molecular weight excluding hydrogens is 452 g/mol. The van der Waals surface area contributed by atoms with Gasteiger partial charge in [-0.05, 0) is 44.5 Å². The van der Waals surface area contributed by atoms with Crippen LogP contribution in [0.1, 0.15) is 52.4 Å². The van der Waals surface area contributed by atoms with Crippen molar-refractivity contribution in [2.75, 3.05) is 36.9 Å². The van der Waals surface area contributed by atoms with Crippen LogP contribution in [-0.2, 0) is 18.6 Å². The Bertz CT molecular complexity index is 852. The molecule has 11 nitrogen and oxygen atoms in total. The van der Waals surface area contributed by atoms with Crippen molar-refractivity contribution in [2.24, 2.45) is 5.92 Å². The number of thiol groups is 1. The number of hydrogen-bond acceptors (Lipinski definition) is 9. The van der Waals surface area contributed by atoms with Gasteiger partial charge in [-0.15, -0.1) is 0 Å². The summed E-state index contributed by atoms with van der Waals surface area (Å²) in [5, 5.41) is 19.0. The summed E-state index contributed by atoms with van der Waals surface area (Å²) in [4.78, 5) is 58.9. The number of amides is 2. The van der Waals surface area contributed by atoms with Crippen molar-refractivity contribution in [3.8, 4) is 0 Å². The van der Waals surface area contributed by atoms with Gasteiger partial charge >= 0.3 is 5.97 Å². The van der Waals surface area contributed by atoms with Gasteiger partial charge in [0.25, 0.3) is 10.9 Å². The third-order valence-electron chi connectivity index (χ3n) is 4.90. The fourth-order valence-corrected chi connectivity index (χ4v) is 3.16. The Morgan fingerprint density at radius 1 is 0.939 bits per heavy atom. The number of rotatable bonds is 18. The SMILES string of the molecule is CC(C)CCC(Nc1c(NCCCCCCOS)c(=O)c1=O)C(=O)NCC(=O)NCC(=O)O. The number of carboxylic acid groups (broad SMARTS) is 1. The number of carbonyl (C=O) groups is 3. The largest absolute Gasteiger partial charge is 0.480 e. The van der Waals surface area contributed by atoms with Crippen LogP contribution in [-0.4, -0.2) is 55.2 Å². The van der Waals surface area contributed by atoms with Crippen LogP contribution >= 0.6 is 12.9 Å². The molecule has 0 fully saturated rings. The third-order valence-corrected chi connectivity index (χ3v) is 5.08. The molecule has 0 spiro atoms. The molecule has 0 heterocycles. The standard InChI is InChI=1S/C21H34N4O7S/c1-13(2)7-8-14(21(31)24-11-15(26)23-12-16(27)28)25-18-17(19(29)20(18)30)22-9-5-3-4-6-10-32-33/h13-14,22,25,33H,3-12H2,1-2H3,(H,23,26)(H,24,31)(H,27,28). The summed E-state index contributed by atoms with van der Waals surface area (Å²) >= 11 is 3.68. The van der Waals surface area contributed by atoms with Crippen molar-refractivity contribution < 1.29 is 23.7 Å². The molecule has 1 aromatic carbocycles. The number of unbranched alkanes of at least 4 members (excludes halogenated alkanes) is 3. The van der Waals surface area contributed by atoms with E-state index in [4.69, 9.17) is 9.29 Å². The van der Waals surface area contributed by atoms with Crippen LogP contribution in [0.4, 0.5) is 11.4 Å². The summed E-state index contributed by atoms with van der Waals surface area (Å²) in [5.41, 5.74) is -1.08. The van der Waals surface area contributed by atoms with Crippen molar-refractivity contribution in [1.82, 2.24) is 10.6 Å². The molecule has 0 bridgehead atoms. The first-order valence-corrected chi connectivity index (χ1v) is 11.4. The van der Waals surface area contributed by atoms with E-state index in [1.807, 2.05) is 13.8 Å². The van der Waals surface area contributed by atoms with Crippen molar-refractivity contribution in [1.29, 1.82) is 0 Å². The minimum absolute atomic E-state index is 0.0720. The Balaban J connectivity index is 2.68. The molecule has 1 unspecified atom stereocenters.